The van der Waals surface area contributed by atoms with Gasteiger partial charge in [-0.3, -0.25) is 4.98 Å². The Kier molecular flexibility index (Phi) is 4.64. The molecule has 2 aromatic heterocycles. The summed E-state index contributed by atoms with van der Waals surface area (Å²) in [6.45, 7) is 4.53. The number of pyridine rings is 1. The predicted molar refractivity (Wildman–Crippen MR) is 151 cm³/mol. The van der Waals surface area contributed by atoms with Gasteiger partial charge in [0, 0.05) is 38.2 Å². The maximum absolute atomic E-state index is 5.28. The molecule has 4 aromatic carbocycles. The highest BCUT2D eigenvalue weighted by Crippen LogP contribution is 2.51. The number of benzene rings is 4. The molecule has 1 aliphatic rings. The van der Waals surface area contributed by atoms with E-state index in [-0.39, 0.29) is 5.41 Å². The third kappa shape index (κ3) is 3.14. The topological polar surface area (TPSA) is 38.7 Å². The van der Waals surface area contributed by atoms with Gasteiger partial charge in [0.05, 0.1) is 16.9 Å². The molecule has 0 fully saturated rings. The van der Waals surface area contributed by atoms with Gasteiger partial charge in [0.1, 0.15) is 0 Å². The second-order valence-electron chi connectivity index (χ2n) is 9.87. The zero-order chi connectivity index (χ0) is 24.4. The molecule has 7 rings (SSSR count). The van der Waals surface area contributed by atoms with Crippen molar-refractivity contribution in [2.24, 2.45) is 0 Å². The lowest BCUT2D eigenvalue weighted by molar-refractivity contribution is 0.636. The van der Waals surface area contributed by atoms with E-state index in [2.05, 4.69) is 120 Å². The van der Waals surface area contributed by atoms with Gasteiger partial charge in [0.25, 0.3) is 0 Å². The van der Waals surface area contributed by atoms with Crippen LogP contribution in [0.25, 0.3) is 55.4 Å². The molecule has 172 valence electrons. The summed E-state index contributed by atoms with van der Waals surface area (Å²) in [5.74, 6) is 0.728. The fourth-order valence-electron chi connectivity index (χ4n) is 5.53. The second-order valence-corrected chi connectivity index (χ2v) is 10.8. The molecule has 36 heavy (non-hydrogen) atoms. The van der Waals surface area contributed by atoms with Crippen molar-refractivity contribution in [2.45, 2.75) is 19.3 Å². The zero-order valence-electron chi connectivity index (χ0n) is 20.0. The maximum atomic E-state index is 5.28. The molecule has 0 aliphatic heterocycles. The van der Waals surface area contributed by atoms with E-state index in [1.165, 1.54) is 21.9 Å². The van der Waals surface area contributed by atoms with Crippen molar-refractivity contribution in [3.05, 3.63) is 113 Å². The van der Waals surface area contributed by atoms with Crippen LogP contribution < -0.4 is 0 Å². The van der Waals surface area contributed by atoms with Crippen LogP contribution in [0.15, 0.2) is 102 Å². The fraction of sp³-hybridized carbons (Fsp3) is 0.0938. The highest BCUT2D eigenvalue weighted by Gasteiger charge is 2.39. The van der Waals surface area contributed by atoms with E-state index in [9.17, 15) is 0 Å². The van der Waals surface area contributed by atoms with Gasteiger partial charge in [-0.2, -0.15) is 0 Å². The summed E-state index contributed by atoms with van der Waals surface area (Å²) in [4.78, 5) is 15.1. The van der Waals surface area contributed by atoms with Crippen LogP contribution in [0.4, 0.5) is 0 Å². The molecule has 4 heteroatoms. The van der Waals surface area contributed by atoms with Crippen molar-refractivity contribution >= 4 is 37.6 Å². The minimum Gasteiger partial charge on any atom is -0.256 e. The number of halogens is 1. The maximum Gasteiger partial charge on any atom is 0.160 e. The van der Waals surface area contributed by atoms with Crippen molar-refractivity contribution in [2.75, 3.05) is 0 Å². The molecule has 0 atom stereocenters. The Bertz CT molecular complexity index is 1840. The Hall–Kier alpha value is -3.89. The molecular weight excluding hydrogens is 506 g/mol. The van der Waals surface area contributed by atoms with E-state index >= 15 is 0 Å². The lowest BCUT2D eigenvalue weighted by Gasteiger charge is -2.21. The molecule has 1 aliphatic carbocycles. The SMILES string of the molecule is CC1(C)c2ccccc2-c2c(-c3cccc4cc(Br)ccc34)nc(-c3ccc4cccnc4c3)nc21. The number of aromatic nitrogens is 3. The van der Waals surface area contributed by atoms with Crippen LogP contribution in [0, 0.1) is 0 Å². The van der Waals surface area contributed by atoms with E-state index in [1.807, 2.05) is 12.3 Å². The predicted octanol–water partition coefficient (Wildman–Crippen LogP) is 8.58. The molecule has 0 unspecified atom stereocenters. The molecule has 0 amide bonds. The quantitative estimate of drug-likeness (QED) is 0.226. The van der Waals surface area contributed by atoms with Crippen molar-refractivity contribution in [1.29, 1.82) is 0 Å². The Morgan fingerprint density at radius 2 is 1.56 bits per heavy atom. The van der Waals surface area contributed by atoms with Gasteiger partial charge in [-0.25, -0.2) is 9.97 Å². The van der Waals surface area contributed by atoms with E-state index in [1.54, 1.807) is 0 Å². The third-order valence-electron chi connectivity index (χ3n) is 7.33. The molecule has 0 saturated heterocycles. The number of hydrogen-bond donors (Lipinski definition) is 0. The van der Waals surface area contributed by atoms with Gasteiger partial charge in [-0.1, -0.05) is 96.5 Å². The van der Waals surface area contributed by atoms with Crippen molar-refractivity contribution in [1.82, 2.24) is 15.0 Å². The minimum absolute atomic E-state index is 0.235. The highest BCUT2D eigenvalue weighted by atomic mass is 79.9. The molecular formula is C32H22BrN3. The second kappa shape index (κ2) is 7.81. The zero-order valence-corrected chi connectivity index (χ0v) is 21.5. The van der Waals surface area contributed by atoms with Crippen LogP contribution in [-0.4, -0.2) is 15.0 Å². The lowest BCUT2D eigenvalue weighted by Crippen LogP contribution is -2.17. The average Bonchev–Trinajstić information content (AvgIpc) is 3.14. The van der Waals surface area contributed by atoms with Crippen LogP contribution in [0.3, 0.4) is 0 Å². The number of hydrogen-bond acceptors (Lipinski definition) is 3. The first-order valence-electron chi connectivity index (χ1n) is 12.1. The van der Waals surface area contributed by atoms with Crippen LogP contribution in [0.1, 0.15) is 25.1 Å². The summed E-state index contributed by atoms with van der Waals surface area (Å²) in [6, 6.07) is 31.9. The largest absolute Gasteiger partial charge is 0.256 e. The molecule has 0 radical (unpaired) electrons. The van der Waals surface area contributed by atoms with E-state index in [4.69, 9.17) is 9.97 Å². The van der Waals surface area contributed by atoms with E-state index < -0.39 is 0 Å². The minimum atomic E-state index is -0.235. The molecule has 0 N–H and O–H groups in total. The average molecular weight is 528 g/mol. The monoisotopic (exact) mass is 527 g/mol. The van der Waals surface area contributed by atoms with E-state index in [0.29, 0.717) is 0 Å². The van der Waals surface area contributed by atoms with Gasteiger partial charge in [0.2, 0.25) is 0 Å². The molecule has 0 spiro atoms. The van der Waals surface area contributed by atoms with Crippen molar-refractivity contribution < 1.29 is 0 Å². The third-order valence-corrected chi connectivity index (χ3v) is 7.83. The van der Waals surface area contributed by atoms with Gasteiger partial charge < -0.3 is 0 Å². The Morgan fingerprint density at radius 3 is 2.47 bits per heavy atom. The fourth-order valence-corrected chi connectivity index (χ4v) is 5.91. The molecule has 3 nitrogen and oxygen atoms in total. The van der Waals surface area contributed by atoms with E-state index in [0.717, 1.165) is 49.3 Å². The van der Waals surface area contributed by atoms with Crippen LogP contribution in [0.5, 0.6) is 0 Å². The van der Waals surface area contributed by atoms with Crippen molar-refractivity contribution in [3.63, 3.8) is 0 Å². The molecule has 2 heterocycles. The summed E-state index contributed by atoms with van der Waals surface area (Å²) in [5.41, 5.74) is 8.48. The standard InChI is InChI=1S/C32H22BrN3/c1-32(2)26-11-4-3-9-25(26)28-29(24-10-5-7-20-17-22(33)14-15-23(20)24)35-31(36-30(28)32)21-13-12-19-8-6-16-34-27(19)18-21/h3-18H,1-2H3. The molecule has 0 bridgehead atoms. The Labute approximate surface area is 218 Å². The summed E-state index contributed by atoms with van der Waals surface area (Å²) in [7, 11) is 0. The number of rotatable bonds is 2. The smallest absolute Gasteiger partial charge is 0.160 e. The summed E-state index contributed by atoms with van der Waals surface area (Å²) in [5, 5.41) is 3.46. The van der Waals surface area contributed by atoms with Crippen LogP contribution in [-0.2, 0) is 5.41 Å². The number of fused-ring (bicyclic) bond motifs is 5. The van der Waals surface area contributed by atoms with Gasteiger partial charge in [0.15, 0.2) is 5.82 Å². The molecule has 0 saturated carbocycles. The summed E-state index contributed by atoms with van der Waals surface area (Å²) in [6.07, 6.45) is 1.83. The van der Waals surface area contributed by atoms with Gasteiger partial charge in [-0.15, -0.1) is 0 Å². The summed E-state index contributed by atoms with van der Waals surface area (Å²) >= 11 is 3.63. The van der Waals surface area contributed by atoms with Crippen LogP contribution >= 0.6 is 15.9 Å². The Morgan fingerprint density at radius 1 is 0.722 bits per heavy atom. The first-order valence-corrected chi connectivity index (χ1v) is 12.9. The van der Waals surface area contributed by atoms with Gasteiger partial charge >= 0.3 is 0 Å². The number of nitrogens with zero attached hydrogens (tertiary/aromatic N) is 3. The van der Waals surface area contributed by atoms with Crippen molar-refractivity contribution in [3.8, 4) is 33.8 Å². The first kappa shape index (κ1) is 21.4. The van der Waals surface area contributed by atoms with Crippen LogP contribution in [0.2, 0.25) is 0 Å². The highest BCUT2D eigenvalue weighted by molar-refractivity contribution is 9.10. The molecule has 6 aromatic rings. The Balaban J connectivity index is 1.58. The normalized spacial score (nSPS) is 13.6. The summed E-state index contributed by atoms with van der Waals surface area (Å²) < 4.78 is 1.07. The first-order chi connectivity index (χ1) is 17.5. The lowest BCUT2D eigenvalue weighted by atomic mass is 9.85. The van der Waals surface area contributed by atoms with Gasteiger partial charge in [-0.05, 0) is 46.2 Å².